The number of esters is 1. The summed E-state index contributed by atoms with van der Waals surface area (Å²) in [5.41, 5.74) is 0.714. The zero-order valence-electron chi connectivity index (χ0n) is 18.0. The van der Waals surface area contributed by atoms with Crippen molar-refractivity contribution in [3.05, 3.63) is 53.5 Å². The Morgan fingerprint density at radius 1 is 1.33 bits per heavy atom. The Labute approximate surface area is 198 Å². The molecule has 0 saturated heterocycles. The molecule has 9 nitrogen and oxygen atoms in total. The molecular weight excluding hydrogens is 464 g/mol. The number of carbonyl (C=O) groups excluding carboxylic acids is 2. The summed E-state index contributed by atoms with van der Waals surface area (Å²) >= 11 is 2.58. The molecule has 170 valence electrons. The molecule has 0 saturated carbocycles. The third-order valence-corrected chi connectivity index (χ3v) is 6.11. The van der Waals surface area contributed by atoms with Gasteiger partial charge in [0, 0.05) is 5.25 Å². The lowest BCUT2D eigenvalue weighted by molar-refractivity contribution is -0.114. The van der Waals surface area contributed by atoms with E-state index in [1.807, 2.05) is 13.8 Å². The number of nitrogens with zero attached hydrogens (tertiary/aromatic N) is 3. The van der Waals surface area contributed by atoms with Gasteiger partial charge in [-0.05, 0) is 42.8 Å². The first-order valence-corrected chi connectivity index (χ1v) is 11.7. The van der Waals surface area contributed by atoms with Crippen molar-refractivity contribution in [3.63, 3.8) is 0 Å². The van der Waals surface area contributed by atoms with E-state index < -0.39 is 11.9 Å². The van der Waals surface area contributed by atoms with Crippen LogP contribution in [0.4, 0.5) is 0 Å². The van der Waals surface area contributed by atoms with Crippen molar-refractivity contribution in [1.29, 1.82) is 5.41 Å². The fraction of sp³-hybridized carbons (Fsp3) is 0.227. The Balaban J connectivity index is 1.62. The van der Waals surface area contributed by atoms with Crippen molar-refractivity contribution in [2.75, 3.05) is 6.61 Å². The first-order chi connectivity index (χ1) is 15.9. The zero-order valence-corrected chi connectivity index (χ0v) is 19.7. The van der Waals surface area contributed by atoms with Crippen LogP contribution in [0.3, 0.4) is 0 Å². The van der Waals surface area contributed by atoms with Crippen molar-refractivity contribution in [1.82, 2.24) is 4.90 Å². The second kappa shape index (κ2) is 9.67. The number of rotatable bonds is 6. The summed E-state index contributed by atoms with van der Waals surface area (Å²) in [6.07, 6.45) is 2.94. The molecule has 33 heavy (non-hydrogen) atoms. The van der Waals surface area contributed by atoms with E-state index in [9.17, 15) is 9.59 Å². The van der Waals surface area contributed by atoms with Gasteiger partial charge in [0.2, 0.25) is 10.9 Å². The topological polar surface area (TPSA) is 118 Å². The molecule has 2 aliphatic heterocycles. The van der Waals surface area contributed by atoms with Gasteiger partial charge in [-0.1, -0.05) is 31.7 Å². The molecule has 3 heterocycles. The normalized spacial score (nSPS) is 16.7. The molecule has 0 fully saturated rings. The number of fused-ring (bicyclic) bond motifs is 1. The number of amides is 1. The molecule has 0 radical (unpaired) electrons. The van der Waals surface area contributed by atoms with Crippen molar-refractivity contribution in [3.8, 4) is 11.5 Å². The van der Waals surface area contributed by atoms with E-state index in [1.165, 1.54) is 24.1 Å². The molecule has 1 amide bonds. The fourth-order valence-electron chi connectivity index (χ4n) is 2.97. The lowest BCUT2D eigenvalue weighted by Gasteiger charge is -2.25. The maximum atomic E-state index is 12.6. The van der Waals surface area contributed by atoms with Gasteiger partial charge in [-0.15, -0.1) is 0 Å². The Kier molecular flexibility index (Phi) is 6.70. The van der Waals surface area contributed by atoms with Gasteiger partial charge in [0.1, 0.15) is 5.84 Å². The molecule has 0 unspecified atom stereocenters. The minimum absolute atomic E-state index is 0.00758. The van der Waals surface area contributed by atoms with Gasteiger partial charge in [0.25, 0.3) is 5.91 Å². The number of carbonyl (C=O) groups is 2. The van der Waals surface area contributed by atoms with Crippen LogP contribution in [-0.2, 0) is 4.79 Å². The van der Waals surface area contributed by atoms with Crippen LogP contribution in [0, 0.1) is 5.41 Å². The van der Waals surface area contributed by atoms with Gasteiger partial charge in [-0.2, -0.15) is 9.39 Å². The maximum absolute atomic E-state index is 12.6. The summed E-state index contributed by atoms with van der Waals surface area (Å²) in [5.74, 6) is -0.563. The fourth-order valence-corrected chi connectivity index (χ4v) is 4.64. The minimum atomic E-state index is -0.654. The quantitative estimate of drug-likeness (QED) is 0.273. The molecule has 2 aliphatic rings. The molecule has 0 spiro atoms. The van der Waals surface area contributed by atoms with Crippen LogP contribution in [0.25, 0.3) is 6.08 Å². The van der Waals surface area contributed by atoms with Crippen LogP contribution in [-0.4, -0.2) is 44.8 Å². The number of hydrogen-bond donors (Lipinski definition) is 1. The van der Waals surface area contributed by atoms with Crippen LogP contribution in [0.5, 0.6) is 11.5 Å². The van der Waals surface area contributed by atoms with E-state index >= 15 is 0 Å². The SMILES string of the molecule is CCOc1cc(/C=C2/C(=N)N3C(=NC2=O)SN=C3SC(C)C)ccc1OC(=O)c1ccco1. The third kappa shape index (κ3) is 4.88. The van der Waals surface area contributed by atoms with Crippen molar-refractivity contribution < 1.29 is 23.5 Å². The van der Waals surface area contributed by atoms with Gasteiger partial charge in [0.05, 0.1) is 30.4 Å². The molecule has 0 bridgehead atoms. The number of nitrogens with one attached hydrogen (secondary N) is 1. The van der Waals surface area contributed by atoms with Crippen LogP contribution in [0.15, 0.2) is 56.0 Å². The van der Waals surface area contributed by atoms with Crippen LogP contribution >= 0.6 is 23.7 Å². The predicted octanol–water partition coefficient (Wildman–Crippen LogP) is 4.62. The van der Waals surface area contributed by atoms with Crippen LogP contribution in [0.1, 0.15) is 36.9 Å². The summed E-state index contributed by atoms with van der Waals surface area (Å²) in [6.45, 7) is 6.19. The van der Waals surface area contributed by atoms with Crippen molar-refractivity contribution >= 4 is 57.8 Å². The number of benzene rings is 1. The zero-order chi connectivity index (χ0) is 23.5. The maximum Gasteiger partial charge on any atom is 0.379 e. The predicted molar refractivity (Wildman–Crippen MR) is 129 cm³/mol. The second-order valence-electron chi connectivity index (χ2n) is 7.08. The Bertz CT molecular complexity index is 1200. The number of furan rings is 1. The number of ether oxygens (including phenoxy) is 2. The van der Waals surface area contributed by atoms with Crippen LogP contribution < -0.4 is 9.47 Å². The van der Waals surface area contributed by atoms with Gasteiger partial charge in [-0.3, -0.25) is 10.2 Å². The number of aliphatic imine (C=N–C) groups is 1. The summed E-state index contributed by atoms with van der Waals surface area (Å²) in [6, 6.07) is 7.96. The standard InChI is InChI=1S/C22H20N4O5S2/c1-4-29-17-11-13(7-8-15(17)31-20(28)16-6-5-9-30-16)10-14-18(23)26-21(24-19(14)27)33-25-22(26)32-12(2)3/h5-12,23H,4H2,1-3H3/b14-10-,23-18?. The summed E-state index contributed by atoms with van der Waals surface area (Å²) < 4.78 is 20.4. The second-order valence-corrected chi connectivity index (χ2v) is 9.35. The molecule has 0 aliphatic carbocycles. The number of amidine groups is 3. The van der Waals surface area contributed by atoms with Gasteiger partial charge >= 0.3 is 5.97 Å². The molecule has 2 aromatic rings. The van der Waals surface area contributed by atoms with Gasteiger partial charge in [-0.25, -0.2) is 9.69 Å². The van der Waals surface area contributed by atoms with E-state index in [1.54, 1.807) is 42.2 Å². The molecule has 1 N–H and O–H groups in total. The largest absolute Gasteiger partial charge is 0.490 e. The third-order valence-electron chi connectivity index (χ3n) is 4.34. The molecule has 11 heteroatoms. The van der Waals surface area contributed by atoms with E-state index in [2.05, 4.69) is 9.39 Å². The molecule has 4 rings (SSSR count). The monoisotopic (exact) mass is 484 g/mol. The first kappa shape index (κ1) is 22.9. The number of thioether (sulfide) groups is 1. The van der Waals surface area contributed by atoms with Crippen LogP contribution in [0.2, 0.25) is 0 Å². The van der Waals surface area contributed by atoms with Crippen molar-refractivity contribution in [2.24, 2.45) is 9.39 Å². The number of hydrogen-bond acceptors (Lipinski definition) is 9. The molecule has 1 aromatic heterocycles. The highest BCUT2D eigenvalue weighted by atomic mass is 32.2. The highest BCUT2D eigenvalue weighted by molar-refractivity contribution is 8.19. The average molecular weight is 485 g/mol. The van der Waals surface area contributed by atoms with E-state index in [-0.39, 0.29) is 28.2 Å². The average Bonchev–Trinajstić information content (AvgIpc) is 3.43. The van der Waals surface area contributed by atoms with E-state index in [0.717, 1.165) is 11.9 Å². The lowest BCUT2D eigenvalue weighted by Crippen LogP contribution is -2.41. The summed E-state index contributed by atoms with van der Waals surface area (Å²) in [5, 5.41) is 9.86. The molecular formula is C22H20N4O5S2. The smallest absolute Gasteiger partial charge is 0.379 e. The first-order valence-electron chi connectivity index (χ1n) is 10.0. The van der Waals surface area contributed by atoms with E-state index in [4.69, 9.17) is 19.3 Å². The van der Waals surface area contributed by atoms with Gasteiger partial charge in [0.15, 0.2) is 16.7 Å². The summed E-state index contributed by atoms with van der Waals surface area (Å²) in [7, 11) is 0. The Morgan fingerprint density at radius 3 is 2.85 bits per heavy atom. The molecule has 0 atom stereocenters. The summed E-state index contributed by atoms with van der Waals surface area (Å²) in [4.78, 5) is 30.5. The Hall–Kier alpha value is -3.31. The lowest BCUT2D eigenvalue weighted by atomic mass is 10.1. The van der Waals surface area contributed by atoms with Gasteiger partial charge < -0.3 is 13.9 Å². The van der Waals surface area contributed by atoms with E-state index in [0.29, 0.717) is 28.3 Å². The molecule has 1 aromatic carbocycles. The Morgan fingerprint density at radius 2 is 2.15 bits per heavy atom. The minimum Gasteiger partial charge on any atom is -0.490 e. The van der Waals surface area contributed by atoms with Crippen molar-refractivity contribution in [2.45, 2.75) is 26.0 Å². The highest BCUT2D eigenvalue weighted by Crippen LogP contribution is 2.34. The highest BCUT2D eigenvalue weighted by Gasteiger charge is 2.37.